The molecule has 1 unspecified atom stereocenters. The minimum atomic E-state index is -4.52. The number of amides is 3. The van der Waals surface area contributed by atoms with Gasteiger partial charge >= 0.3 is 12.1 Å². The van der Waals surface area contributed by atoms with Crippen molar-refractivity contribution in [3.63, 3.8) is 0 Å². The molecular weight excluding hydrogens is 520 g/mol. The van der Waals surface area contributed by atoms with Gasteiger partial charge in [0, 0.05) is 28.4 Å². The lowest BCUT2D eigenvalue weighted by atomic mass is 9.85. The van der Waals surface area contributed by atoms with E-state index in [0.29, 0.717) is 16.9 Å². The van der Waals surface area contributed by atoms with Gasteiger partial charge in [-0.05, 0) is 55.2 Å². The maximum Gasteiger partial charge on any atom is 0.416 e. The molecular formula is C28H24F4N2O5. The van der Waals surface area contributed by atoms with Gasteiger partial charge in [-0.3, -0.25) is 14.4 Å². The monoisotopic (exact) mass is 544 g/mol. The van der Waals surface area contributed by atoms with E-state index < -0.39 is 41.7 Å². The molecule has 1 atom stereocenters. The third-order valence-corrected chi connectivity index (χ3v) is 6.60. The molecule has 0 aliphatic carbocycles. The van der Waals surface area contributed by atoms with Crippen molar-refractivity contribution in [2.75, 3.05) is 6.54 Å². The number of hydrogen-bond donors (Lipinski definition) is 2. The van der Waals surface area contributed by atoms with Gasteiger partial charge in [0.1, 0.15) is 0 Å². The molecule has 3 amide bonds. The predicted molar refractivity (Wildman–Crippen MR) is 133 cm³/mol. The number of benzene rings is 3. The van der Waals surface area contributed by atoms with E-state index in [1.54, 1.807) is 6.92 Å². The number of halogens is 4. The van der Waals surface area contributed by atoms with Crippen molar-refractivity contribution in [1.82, 2.24) is 10.2 Å². The number of carbonyl (C=O) groups is 4. The molecule has 1 heterocycles. The third kappa shape index (κ3) is 5.08. The van der Waals surface area contributed by atoms with E-state index in [0.717, 1.165) is 18.2 Å². The van der Waals surface area contributed by atoms with E-state index >= 15 is 0 Å². The summed E-state index contributed by atoms with van der Waals surface area (Å²) in [5.74, 6) is -4.01. The normalized spacial score (nSPS) is 14.1. The van der Waals surface area contributed by atoms with Crippen LogP contribution in [0.2, 0.25) is 0 Å². The van der Waals surface area contributed by atoms with E-state index in [1.165, 1.54) is 31.2 Å². The lowest BCUT2D eigenvalue weighted by molar-refractivity contribution is -0.137. The summed E-state index contributed by atoms with van der Waals surface area (Å²) >= 11 is 0. The average Bonchev–Trinajstić information content (AvgIpc) is 2.86. The molecule has 0 aromatic heterocycles. The van der Waals surface area contributed by atoms with Crippen molar-refractivity contribution in [3.8, 4) is 0 Å². The Labute approximate surface area is 220 Å². The summed E-state index contributed by atoms with van der Waals surface area (Å²) in [6.07, 6.45) is -6.04. The Kier molecular flexibility index (Phi) is 7.45. The first kappa shape index (κ1) is 27.7. The van der Waals surface area contributed by atoms with Crippen LogP contribution < -0.4 is 5.32 Å². The van der Waals surface area contributed by atoms with Crippen molar-refractivity contribution in [3.05, 3.63) is 81.4 Å². The number of hydrogen-bond acceptors (Lipinski definition) is 4. The molecule has 1 aliphatic rings. The molecule has 1 aliphatic heterocycles. The van der Waals surface area contributed by atoms with Crippen molar-refractivity contribution in [2.45, 2.75) is 45.6 Å². The Morgan fingerprint density at radius 1 is 1.03 bits per heavy atom. The molecule has 0 saturated heterocycles. The molecule has 0 saturated carbocycles. The quantitative estimate of drug-likeness (QED) is 0.221. The second-order valence-corrected chi connectivity index (χ2v) is 9.24. The number of nitrogens with zero attached hydrogens (tertiary/aromatic N) is 1. The lowest BCUT2D eigenvalue weighted by Crippen LogP contribution is -2.45. The molecule has 7 nitrogen and oxygen atoms in total. The number of aryl methyl sites for hydroxylation is 1. The molecule has 0 fully saturated rings. The maximum absolute atomic E-state index is 14.8. The number of nitrogens with one attached hydrogen (secondary N) is 1. The molecule has 0 bridgehead atoms. The van der Waals surface area contributed by atoms with Gasteiger partial charge in [-0.1, -0.05) is 31.5 Å². The van der Waals surface area contributed by atoms with Gasteiger partial charge in [0.25, 0.3) is 17.7 Å². The summed E-state index contributed by atoms with van der Waals surface area (Å²) in [6.45, 7) is 3.11. The number of carboxylic acid groups (broad SMARTS) is 1. The van der Waals surface area contributed by atoms with Gasteiger partial charge in [-0.25, -0.2) is 14.1 Å². The molecule has 0 spiro atoms. The number of carbonyl (C=O) groups excluding carboxylic acids is 3. The maximum atomic E-state index is 14.8. The first-order valence-electron chi connectivity index (χ1n) is 12.2. The predicted octanol–water partition coefficient (Wildman–Crippen LogP) is 5.53. The highest BCUT2D eigenvalue weighted by molar-refractivity contribution is 6.30. The Balaban J connectivity index is 1.74. The lowest BCUT2D eigenvalue weighted by Gasteiger charge is -2.31. The first-order valence-corrected chi connectivity index (χ1v) is 12.2. The van der Waals surface area contributed by atoms with E-state index in [1.807, 2.05) is 0 Å². The van der Waals surface area contributed by atoms with Crippen LogP contribution in [0, 0.1) is 6.92 Å². The van der Waals surface area contributed by atoms with Crippen LogP contribution in [-0.4, -0.2) is 46.5 Å². The fourth-order valence-corrected chi connectivity index (χ4v) is 4.79. The van der Waals surface area contributed by atoms with Crippen LogP contribution in [0.25, 0.3) is 10.8 Å². The van der Waals surface area contributed by atoms with Gasteiger partial charge in [0.2, 0.25) is 0 Å². The van der Waals surface area contributed by atoms with Crippen molar-refractivity contribution in [2.24, 2.45) is 0 Å². The molecule has 204 valence electrons. The molecule has 3 aromatic rings. The second-order valence-electron chi connectivity index (χ2n) is 9.24. The molecule has 11 heteroatoms. The van der Waals surface area contributed by atoms with Crippen LogP contribution in [-0.2, 0) is 12.6 Å². The minimum absolute atomic E-state index is 0.0483. The molecule has 3 aromatic carbocycles. The molecule has 39 heavy (non-hydrogen) atoms. The Bertz CT molecular complexity index is 1520. The molecule has 4 rings (SSSR count). The third-order valence-electron chi connectivity index (χ3n) is 6.60. The number of alkyl halides is 4. The fourth-order valence-electron chi connectivity index (χ4n) is 4.79. The van der Waals surface area contributed by atoms with Crippen molar-refractivity contribution < 1.29 is 41.8 Å². The van der Waals surface area contributed by atoms with E-state index in [2.05, 4.69) is 5.32 Å². The van der Waals surface area contributed by atoms with Gasteiger partial charge in [0.15, 0.2) is 6.30 Å². The number of imide groups is 1. The van der Waals surface area contributed by atoms with E-state index in [9.17, 15) is 41.8 Å². The summed E-state index contributed by atoms with van der Waals surface area (Å²) in [6, 6.07) is 8.27. The van der Waals surface area contributed by atoms with Crippen LogP contribution in [0.4, 0.5) is 17.6 Å². The largest absolute Gasteiger partial charge is 0.478 e. The van der Waals surface area contributed by atoms with Crippen LogP contribution in [0.1, 0.15) is 77.9 Å². The number of aromatic carboxylic acids is 1. The van der Waals surface area contributed by atoms with Crippen LogP contribution in [0.5, 0.6) is 0 Å². The molecule has 2 N–H and O–H groups in total. The molecule has 0 radical (unpaired) electrons. The van der Waals surface area contributed by atoms with Crippen molar-refractivity contribution in [1.29, 1.82) is 0 Å². The van der Waals surface area contributed by atoms with Gasteiger partial charge in [0.05, 0.1) is 16.7 Å². The smallest absolute Gasteiger partial charge is 0.416 e. The highest BCUT2D eigenvalue weighted by Crippen LogP contribution is 2.38. The highest BCUT2D eigenvalue weighted by atomic mass is 19.4. The standard InChI is InChI=1S/C28H24F4N2O5/c1-3-5-20(29)34-25(36)17-8-9-18(27(38)39)22-19(12-14(2)21(23(17)22)26(34)37)24(35)33-11-10-15-6-4-7-16(13-15)28(30,31)32/h4,6-9,12-13,20H,3,5,10-11H2,1-2H3,(H,33,35)(H,38,39). The van der Waals surface area contributed by atoms with Crippen LogP contribution in [0.15, 0.2) is 42.5 Å². The van der Waals surface area contributed by atoms with Gasteiger partial charge in [-0.15, -0.1) is 0 Å². The van der Waals surface area contributed by atoms with Crippen LogP contribution >= 0.6 is 0 Å². The summed E-state index contributed by atoms with van der Waals surface area (Å²) in [4.78, 5) is 52.3. The summed E-state index contributed by atoms with van der Waals surface area (Å²) < 4.78 is 53.8. The van der Waals surface area contributed by atoms with Crippen molar-refractivity contribution >= 4 is 34.5 Å². The Morgan fingerprint density at radius 3 is 2.38 bits per heavy atom. The zero-order valence-electron chi connectivity index (χ0n) is 21.0. The number of carboxylic acids is 1. The summed E-state index contributed by atoms with van der Waals surface area (Å²) in [5.41, 5.74) is -0.901. The zero-order valence-corrected chi connectivity index (χ0v) is 21.0. The zero-order chi connectivity index (χ0) is 28.6. The fraction of sp³-hybridized carbons (Fsp3) is 0.286. The second kappa shape index (κ2) is 10.5. The SMILES string of the molecule is CCCC(F)N1C(=O)c2ccc(C(=O)O)c3c(C(=O)NCCc4cccc(C(F)(F)F)c4)cc(C)c(c23)C1=O. The minimum Gasteiger partial charge on any atom is -0.478 e. The first-order chi connectivity index (χ1) is 18.4. The van der Waals surface area contributed by atoms with Crippen LogP contribution in [0.3, 0.4) is 0 Å². The Morgan fingerprint density at radius 2 is 1.74 bits per heavy atom. The summed E-state index contributed by atoms with van der Waals surface area (Å²) in [7, 11) is 0. The highest BCUT2D eigenvalue weighted by Gasteiger charge is 2.40. The van der Waals surface area contributed by atoms with E-state index in [4.69, 9.17) is 0 Å². The van der Waals surface area contributed by atoms with Gasteiger partial charge in [-0.2, -0.15) is 13.2 Å². The number of rotatable bonds is 8. The average molecular weight is 545 g/mol. The Hall–Kier alpha value is -4.28. The van der Waals surface area contributed by atoms with E-state index in [-0.39, 0.29) is 58.0 Å². The summed E-state index contributed by atoms with van der Waals surface area (Å²) in [5, 5.41) is 12.2. The van der Waals surface area contributed by atoms with Gasteiger partial charge < -0.3 is 10.4 Å². The topological polar surface area (TPSA) is 104 Å².